The van der Waals surface area contributed by atoms with Gasteiger partial charge in [0.15, 0.2) is 11.5 Å². The molecule has 2 aliphatic heterocycles. The third kappa shape index (κ3) is 5.28. The lowest BCUT2D eigenvalue weighted by Crippen LogP contribution is -2.45. The Labute approximate surface area is 294 Å². The number of hydrogen-bond donors (Lipinski definition) is 1. The second-order valence-corrected chi connectivity index (χ2v) is 14.4. The van der Waals surface area contributed by atoms with Crippen LogP contribution in [0.1, 0.15) is 54.4 Å². The molecule has 5 heterocycles. The van der Waals surface area contributed by atoms with E-state index in [1.807, 2.05) is 17.0 Å². The van der Waals surface area contributed by atoms with Gasteiger partial charge in [-0.1, -0.05) is 35.3 Å². The van der Waals surface area contributed by atoms with Gasteiger partial charge in [-0.15, -0.1) is 0 Å². The molecule has 3 unspecified atom stereocenters. The SMILES string of the molecule is Cc1nc2c(F)c(-c3cccc(Cl)c3Cl)c(CCC#N)cc2c2[nH]c(C3C4CC(CN(c5cn(C)nc5C(F)(F)F)C4)N3C(=O)C3CC3)cc12. The number of aryl methyl sites for hydroxylation is 3. The standard InChI is InChI=1S/C36H31Cl2F4N7O/c1-17-23-13-26(45-31(23)24-12-19(5-4-10-43)28(30(39)32(24)44-17)22-6-3-7-25(37)29(22)38)33-20-11-21(49(33)35(50)18-8-9-18)15-48(14-20)27-16-47(2)46-34(27)36(40,41)42/h3,6-7,12-13,16,18,20-21,33,45H,4-5,8-9,11,14-15H2,1-2H3. The van der Waals surface area contributed by atoms with Gasteiger partial charge in [0.1, 0.15) is 5.52 Å². The number of nitriles is 1. The monoisotopic (exact) mass is 723 g/mol. The number of carbonyl (C=O) groups is 1. The molecule has 8 rings (SSSR count). The molecule has 3 fully saturated rings. The van der Waals surface area contributed by atoms with Gasteiger partial charge < -0.3 is 14.8 Å². The lowest BCUT2D eigenvalue weighted by molar-refractivity contribution is -0.141. The number of alkyl halides is 3. The van der Waals surface area contributed by atoms with Crippen molar-refractivity contribution < 1.29 is 22.4 Å². The molecule has 1 N–H and O–H groups in total. The van der Waals surface area contributed by atoms with Gasteiger partial charge in [0, 0.05) is 77.9 Å². The summed E-state index contributed by atoms with van der Waals surface area (Å²) in [5.74, 6) is -0.852. The summed E-state index contributed by atoms with van der Waals surface area (Å²) in [6.45, 7) is 2.35. The molecule has 2 saturated heterocycles. The minimum Gasteiger partial charge on any atom is -0.366 e. The number of piperidine rings is 1. The Hall–Kier alpha value is -4.34. The second kappa shape index (κ2) is 11.9. The van der Waals surface area contributed by atoms with Crippen molar-refractivity contribution in [2.45, 2.75) is 57.3 Å². The molecule has 3 atom stereocenters. The maximum absolute atomic E-state index is 16.7. The first kappa shape index (κ1) is 32.8. The van der Waals surface area contributed by atoms with Crippen LogP contribution >= 0.6 is 23.2 Å². The van der Waals surface area contributed by atoms with Gasteiger partial charge in [0.05, 0.1) is 39.4 Å². The van der Waals surface area contributed by atoms with Crippen molar-refractivity contribution in [2.24, 2.45) is 18.9 Å². The Kier molecular flexibility index (Phi) is 7.80. The maximum Gasteiger partial charge on any atom is 0.437 e. The van der Waals surface area contributed by atoms with E-state index in [2.05, 4.69) is 16.2 Å². The molecule has 1 amide bonds. The van der Waals surface area contributed by atoms with Crippen molar-refractivity contribution in [2.75, 3.05) is 18.0 Å². The van der Waals surface area contributed by atoms with Gasteiger partial charge in [-0.3, -0.25) is 9.48 Å². The third-order valence-corrected chi connectivity index (χ3v) is 11.2. The number of amides is 1. The van der Waals surface area contributed by atoms with Gasteiger partial charge in [-0.25, -0.2) is 9.37 Å². The minimum absolute atomic E-state index is 0.00726. The first-order valence-electron chi connectivity index (χ1n) is 16.5. The number of pyridine rings is 1. The zero-order valence-corrected chi connectivity index (χ0v) is 28.6. The van der Waals surface area contributed by atoms with E-state index < -0.39 is 23.7 Å². The first-order valence-corrected chi connectivity index (χ1v) is 17.2. The summed E-state index contributed by atoms with van der Waals surface area (Å²) < 4.78 is 60.0. The van der Waals surface area contributed by atoms with E-state index >= 15 is 4.39 Å². The highest BCUT2D eigenvalue weighted by molar-refractivity contribution is 6.43. The van der Waals surface area contributed by atoms with Crippen molar-refractivity contribution in [1.82, 2.24) is 24.6 Å². The van der Waals surface area contributed by atoms with Crippen LogP contribution in [0.3, 0.4) is 0 Å². The Morgan fingerprint density at radius 2 is 1.94 bits per heavy atom. The topological polar surface area (TPSA) is 93.8 Å². The Balaban J connectivity index is 1.27. The predicted octanol–water partition coefficient (Wildman–Crippen LogP) is 8.53. The van der Waals surface area contributed by atoms with E-state index in [1.165, 1.54) is 17.9 Å². The Bertz CT molecular complexity index is 2250. The number of hydrogen-bond acceptors (Lipinski definition) is 5. The third-order valence-electron chi connectivity index (χ3n) is 10.3. The first-order chi connectivity index (χ1) is 23.8. The molecule has 1 aliphatic carbocycles. The molecule has 2 aromatic carbocycles. The fraction of sp³-hybridized carbons (Fsp3) is 0.389. The number of likely N-dealkylation sites (tertiary alicyclic amines) is 1. The summed E-state index contributed by atoms with van der Waals surface area (Å²) in [6.07, 6.45) is -0.624. The van der Waals surface area contributed by atoms with E-state index in [9.17, 15) is 23.2 Å². The van der Waals surface area contributed by atoms with Crippen molar-refractivity contribution in [3.05, 3.63) is 75.0 Å². The van der Waals surface area contributed by atoms with Crippen LogP contribution in [0.5, 0.6) is 0 Å². The molecule has 258 valence electrons. The van der Waals surface area contributed by atoms with Crippen LogP contribution in [0.15, 0.2) is 36.5 Å². The van der Waals surface area contributed by atoms with Crippen molar-refractivity contribution in [3.8, 4) is 17.2 Å². The van der Waals surface area contributed by atoms with Crippen LogP contribution in [-0.4, -0.2) is 49.7 Å². The number of rotatable bonds is 6. The van der Waals surface area contributed by atoms with E-state index in [1.54, 1.807) is 30.0 Å². The van der Waals surface area contributed by atoms with Crippen LogP contribution in [-0.2, 0) is 24.4 Å². The lowest BCUT2D eigenvalue weighted by Gasteiger charge is -2.34. The molecule has 1 saturated carbocycles. The molecule has 5 aromatic rings. The zero-order valence-electron chi connectivity index (χ0n) is 27.1. The molecule has 3 aromatic heterocycles. The number of nitrogens with one attached hydrogen (secondary N) is 1. The van der Waals surface area contributed by atoms with E-state index in [-0.39, 0.29) is 70.0 Å². The number of nitrogens with zero attached hydrogens (tertiary/aromatic N) is 6. The quantitative estimate of drug-likeness (QED) is 0.177. The molecular weight excluding hydrogens is 693 g/mol. The molecular formula is C36H31Cl2F4N7O. The van der Waals surface area contributed by atoms with Gasteiger partial charge in [0.25, 0.3) is 0 Å². The lowest BCUT2D eigenvalue weighted by atomic mass is 9.92. The fourth-order valence-electron chi connectivity index (χ4n) is 8.09. The average molecular weight is 725 g/mol. The number of benzene rings is 2. The number of fused-ring (bicyclic) bond motifs is 5. The molecule has 0 radical (unpaired) electrons. The van der Waals surface area contributed by atoms with E-state index in [4.69, 9.17) is 28.2 Å². The van der Waals surface area contributed by atoms with Gasteiger partial charge in [-0.05, 0) is 56.4 Å². The highest BCUT2D eigenvalue weighted by Gasteiger charge is 2.53. The largest absolute Gasteiger partial charge is 0.437 e. The summed E-state index contributed by atoms with van der Waals surface area (Å²) in [7, 11) is 1.47. The van der Waals surface area contributed by atoms with Crippen molar-refractivity contribution in [3.63, 3.8) is 0 Å². The van der Waals surface area contributed by atoms with Crippen LogP contribution in [0.25, 0.3) is 32.9 Å². The van der Waals surface area contributed by atoms with E-state index in [0.29, 0.717) is 40.7 Å². The number of aromatic nitrogens is 4. The number of H-pyrrole nitrogens is 1. The molecule has 2 bridgehead atoms. The summed E-state index contributed by atoms with van der Waals surface area (Å²) in [5, 5.41) is 14.9. The van der Waals surface area contributed by atoms with Gasteiger partial charge in [0.2, 0.25) is 5.91 Å². The van der Waals surface area contributed by atoms with Crippen molar-refractivity contribution >= 4 is 56.6 Å². The highest BCUT2D eigenvalue weighted by Crippen LogP contribution is 2.50. The zero-order chi connectivity index (χ0) is 35.2. The van der Waals surface area contributed by atoms with Crippen LogP contribution in [0.4, 0.5) is 23.2 Å². The number of halogens is 6. The van der Waals surface area contributed by atoms with Gasteiger partial charge >= 0.3 is 6.18 Å². The number of aromatic amines is 1. The van der Waals surface area contributed by atoms with Crippen LogP contribution in [0.2, 0.25) is 10.0 Å². The number of carbonyl (C=O) groups excluding carboxylic acids is 1. The van der Waals surface area contributed by atoms with E-state index in [0.717, 1.165) is 23.9 Å². The van der Waals surface area contributed by atoms with Crippen LogP contribution < -0.4 is 4.90 Å². The normalized spacial score (nSPS) is 20.7. The Morgan fingerprint density at radius 3 is 2.66 bits per heavy atom. The second-order valence-electron chi connectivity index (χ2n) is 13.6. The fourth-order valence-corrected chi connectivity index (χ4v) is 8.49. The molecule has 3 aliphatic rings. The number of anilines is 1. The summed E-state index contributed by atoms with van der Waals surface area (Å²) in [6, 6.07) is 10.2. The predicted molar refractivity (Wildman–Crippen MR) is 182 cm³/mol. The molecule has 50 heavy (non-hydrogen) atoms. The Morgan fingerprint density at radius 1 is 1.16 bits per heavy atom. The van der Waals surface area contributed by atoms with Crippen molar-refractivity contribution in [1.29, 1.82) is 5.26 Å². The smallest absolute Gasteiger partial charge is 0.366 e. The summed E-state index contributed by atoms with van der Waals surface area (Å²) in [4.78, 5) is 25.7. The average Bonchev–Trinajstić information content (AvgIpc) is 3.60. The highest BCUT2D eigenvalue weighted by atomic mass is 35.5. The maximum atomic E-state index is 16.7. The molecule has 14 heteroatoms. The summed E-state index contributed by atoms with van der Waals surface area (Å²) >= 11 is 12.9. The van der Waals surface area contributed by atoms with Crippen LogP contribution in [0, 0.1) is 35.9 Å². The summed E-state index contributed by atoms with van der Waals surface area (Å²) in [5.41, 5.74) is 2.31. The minimum atomic E-state index is -4.63. The van der Waals surface area contributed by atoms with Gasteiger partial charge in [-0.2, -0.15) is 23.5 Å². The molecule has 8 nitrogen and oxygen atoms in total. The molecule has 0 spiro atoms.